The zero-order chi connectivity index (χ0) is 35.8. The number of amidine groups is 1. The monoisotopic (exact) mass is 691 g/mol. The largest absolute Gasteiger partial charge is 0.423 e. The first-order chi connectivity index (χ1) is 23.8. The maximum atomic E-state index is 13.6. The Labute approximate surface area is 291 Å². The number of nitrogens with zero attached hydrogens (tertiary/aromatic N) is 4. The van der Waals surface area contributed by atoms with Crippen LogP contribution in [-0.4, -0.2) is 113 Å². The lowest BCUT2D eigenvalue weighted by molar-refractivity contribution is -0.163. The number of rotatable bonds is 11. The van der Waals surface area contributed by atoms with E-state index in [2.05, 4.69) is 37.1 Å². The van der Waals surface area contributed by atoms with Crippen molar-refractivity contribution in [1.29, 1.82) is 0 Å². The Kier molecular flexibility index (Phi) is 10.4. The summed E-state index contributed by atoms with van der Waals surface area (Å²) in [6, 6.07) is -1.35. The smallest absolute Gasteiger partial charge is 0.341 e. The number of nitrogens with two attached hydrogens (primary N) is 1. The lowest BCUT2D eigenvalue weighted by Crippen LogP contribution is -2.62. The van der Waals surface area contributed by atoms with Crippen LogP contribution in [0.3, 0.4) is 0 Å². The van der Waals surface area contributed by atoms with Crippen LogP contribution in [0.2, 0.25) is 0 Å². The molecule has 1 aromatic heterocycles. The first-order valence-electron chi connectivity index (χ1n) is 17.5. The number of H-pyrrole nitrogens is 1. The molecule has 14 nitrogen and oxygen atoms in total. The number of nitrogens with one attached hydrogen (secondary N) is 2. The van der Waals surface area contributed by atoms with E-state index in [1.807, 2.05) is 6.92 Å². The van der Waals surface area contributed by atoms with Gasteiger partial charge in [0, 0.05) is 43.0 Å². The first-order valence-corrected chi connectivity index (χ1v) is 17.5. The van der Waals surface area contributed by atoms with Gasteiger partial charge < -0.3 is 30.7 Å². The highest BCUT2D eigenvalue weighted by Crippen LogP contribution is 2.62. The molecule has 0 radical (unpaired) electrons. The van der Waals surface area contributed by atoms with Gasteiger partial charge in [-0.2, -0.15) is 0 Å². The average molecular weight is 692 g/mol. The van der Waals surface area contributed by atoms with Crippen molar-refractivity contribution in [3.05, 3.63) is 51.7 Å². The number of aliphatic hydroxyl groups is 2. The van der Waals surface area contributed by atoms with Gasteiger partial charge in [-0.3, -0.25) is 24.5 Å². The van der Waals surface area contributed by atoms with E-state index in [0.29, 0.717) is 50.4 Å². The third kappa shape index (κ3) is 6.91. The van der Waals surface area contributed by atoms with Crippen LogP contribution in [0.15, 0.2) is 50.5 Å². The van der Waals surface area contributed by atoms with Crippen molar-refractivity contribution in [3.8, 4) is 0 Å². The molecule has 0 amide bonds. The number of esters is 1. The molecule has 4 heterocycles. The molecule has 6 rings (SSSR count). The lowest BCUT2D eigenvalue weighted by Gasteiger charge is -2.62. The Hall–Kier alpha value is -3.82. The number of aliphatic hydroxyl groups excluding tert-OH is 2. The third-order valence-corrected chi connectivity index (χ3v) is 11.9. The minimum absolute atomic E-state index is 0.0270. The number of morpholine rings is 1. The molecule has 2 aliphatic carbocycles. The summed E-state index contributed by atoms with van der Waals surface area (Å²) in [4.78, 5) is 56.9. The van der Waals surface area contributed by atoms with E-state index in [1.54, 1.807) is 19.2 Å². The van der Waals surface area contributed by atoms with Crippen LogP contribution in [0.4, 0.5) is 5.95 Å². The minimum Gasteiger partial charge on any atom is -0.423 e. The number of hydrogen-bond donors (Lipinski definition) is 5. The van der Waals surface area contributed by atoms with Gasteiger partial charge in [-0.25, -0.2) is 14.8 Å². The van der Waals surface area contributed by atoms with Crippen molar-refractivity contribution >= 4 is 35.8 Å². The van der Waals surface area contributed by atoms with E-state index >= 15 is 0 Å². The first kappa shape index (κ1) is 36.0. The van der Waals surface area contributed by atoms with Crippen molar-refractivity contribution in [3.63, 3.8) is 0 Å². The van der Waals surface area contributed by atoms with Crippen molar-refractivity contribution in [1.82, 2.24) is 20.2 Å². The number of aliphatic imine (C=N–C) groups is 2. The second-order valence-corrected chi connectivity index (χ2v) is 14.8. The van der Waals surface area contributed by atoms with Gasteiger partial charge in [0.15, 0.2) is 11.7 Å². The van der Waals surface area contributed by atoms with E-state index in [-0.39, 0.29) is 59.4 Å². The summed E-state index contributed by atoms with van der Waals surface area (Å²) in [5.41, 5.74) is 5.51. The molecule has 5 aliphatic rings. The third-order valence-electron chi connectivity index (χ3n) is 11.9. The molecular formula is C36H49N7O7. The number of ketones is 1. The van der Waals surface area contributed by atoms with Gasteiger partial charge in [0.25, 0.3) is 5.56 Å². The summed E-state index contributed by atoms with van der Waals surface area (Å²) >= 11 is 0. The summed E-state index contributed by atoms with van der Waals surface area (Å²) in [7, 11) is 0. The molecular weight excluding hydrogens is 642 g/mol. The highest BCUT2D eigenvalue weighted by atomic mass is 16.5. The van der Waals surface area contributed by atoms with E-state index in [1.165, 1.54) is 12.3 Å². The number of Topliss-reactive ketones (excluding diaryl/α,β-unsaturated/α-hetero) is 1. The molecule has 0 spiro atoms. The molecule has 3 fully saturated rings. The lowest BCUT2D eigenvalue weighted by atomic mass is 9.45. The van der Waals surface area contributed by atoms with Crippen LogP contribution in [-0.2, 0) is 19.1 Å². The molecule has 0 bridgehead atoms. The number of anilines is 1. The number of aromatic nitrogens is 2. The summed E-state index contributed by atoms with van der Waals surface area (Å²) < 4.78 is 11.3. The number of ether oxygens (including phenoxy) is 2. The predicted octanol–water partition coefficient (Wildman–Crippen LogP) is 1.41. The Morgan fingerprint density at radius 3 is 2.74 bits per heavy atom. The standard InChI is InChI=1S/C36H49N7O7/c1-20-25(35(3)6-5-30(46)36(4,19-44)29(35)16-27(20)43-9-11-49-12-10-43)15-26(41-21(2)28(45)17-31-38-7-8-39-31)24-14-23(50-33(24)48)13-22-18-40-34(37)42-32(22)47/h7,13-14,18,21,25-27,29-30,41,44,46H,1,5-6,8-12,15-17,19H2,2-4H3,(H3,37,40,42,47)/b23-13+/t21?,25?,26?,27?,29?,30-,35-,36+/m1/s1. The number of carbonyl (C=O) groups is 2. The minimum atomic E-state index is -0.743. The van der Waals surface area contributed by atoms with Gasteiger partial charge in [0.05, 0.1) is 56.1 Å². The summed E-state index contributed by atoms with van der Waals surface area (Å²) in [5, 5.41) is 25.6. The van der Waals surface area contributed by atoms with Gasteiger partial charge >= 0.3 is 5.97 Å². The Bertz CT molecular complexity index is 1690. The van der Waals surface area contributed by atoms with E-state index in [9.17, 15) is 24.6 Å². The molecule has 270 valence electrons. The second kappa shape index (κ2) is 14.4. The number of carbonyl (C=O) groups excluding carboxylic acids is 2. The van der Waals surface area contributed by atoms with Crippen LogP contribution < -0.4 is 16.6 Å². The fourth-order valence-corrected chi connectivity index (χ4v) is 8.89. The highest BCUT2D eigenvalue weighted by Gasteiger charge is 2.60. The number of nitrogen functional groups attached to an aromatic ring is 1. The molecule has 1 aromatic rings. The fourth-order valence-electron chi connectivity index (χ4n) is 8.89. The number of hydrogen-bond acceptors (Lipinski definition) is 13. The number of allylic oxidation sites excluding steroid dienone is 1. The Morgan fingerprint density at radius 1 is 1.30 bits per heavy atom. The quantitative estimate of drug-likeness (QED) is 0.166. The molecule has 50 heavy (non-hydrogen) atoms. The van der Waals surface area contributed by atoms with E-state index in [4.69, 9.17) is 21.8 Å². The predicted molar refractivity (Wildman–Crippen MR) is 188 cm³/mol. The van der Waals surface area contributed by atoms with Crippen molar-refractivity contribution < 1.29 is 29.3 Å². The number of cyclic esters (lactones) is 1. The van der Waals surface area contributed by atoms with E-state index in [0.717, 1.165) is 25.1 Å². The van der Waals surface area contributed by atoms with Gasteiger partial charge in [-0.05, 0) is 62.0 Å². The normalized spacial score (nSPS) is 33.5. The molecule has 2 saturated carbocycles. The van der Waals surface area contributed by atoms with Crippen LogP contribution in [0, 0.1) is 22.7 Å². The molecule has 5 unspecified atom stereocenters. The fraction of sp³-hybridized carbons (Fsp3) is 0.611. The summed E-state index contributed by atoms with van der Waals surface area (Å²) in [5.74, 6) is -0.339. The zero-order valence-corrected chi connectivity index (χ0v) is 29.1. The topological polar surface area (TPSA) is 205 Å². The van der Waals surface area contributed by atoms with Crippen LogP contribution in [0.25, 0.3) is 6.08 Å². The van der Waals surface area contributed by atoms with Gasteiger partial charge in [0.2, 0.25) is 0 Å². The van der Waals surface area contributed by atoms with Gasteiger partial charge in [-0.1, -0.05) is 26.0 Å². The molecule has 6 N–H and O–H groups in total. The van der Waals surface area contributed by atoms with E-state index < -0.39 is 35.1 Å². The van der Waals surface area contributed by atoms with Gasteiger partial charge in [0.1, 0.15) is 11.6 Å². The summed E-state index contributed by atoms with van der Waals surface area (Å²) in [6.45, 7) is 13.7. The zero-order valence-electron chi connectivity index (χ0n) is 29.1. The molecule has 14 heteroatoms. The molecule has 0 aromatic carbocycles. The van der Waals surface area contributed by atoms with Crippen LogP contribution >= 0.6 is 0 Å². The maximum Gasteiger partial charge on any atom is 0.341 e. The average Bonchev–Trinajstić information content (AvgIpc) is 3.74. The Balaban J connectivity index is 1.38. The molecule has 3 aliphatic heterocycles. The van der Waals surface area contributed by atoms with Crippen LogP contribution in [0.1, 0.15) is 58.4 Å². The SMILES string of the molecule is C=C1C(N2CCOCC2)CC2[C@](C)(CC[C@@H](O)[C@@]2(C)CO)C1CC(NC(C)C(=O)CC1=NCC=N1)C1=C/C(=C\c2cnc(N)[nH]c2=O)OC1=O. The van der Waals surface area contributed by atoms with Crippen molar-refractivity contribution in [2.24, 2.45) is 32.7 Å². The van der Waals surface area contributed by atoms with Crippen LogP contribution in [0.5, 0.6) is 0 Å². The number of fused-ring (bicyclic) bond motifs is 1. The van der Waals surface area contributed by atoms with Gasteiger partial charge in [-0.15, -0.1) is 0 Å². The van der Waals surface area contributed by atoms with Crippen molar-refractivity contribution in [2.45, 2.75) is 77.1 Å². The molecule has 8 atom stereocenters. The number of aromatic amines is 1. The maximum absolute atomic E-state index is 13.6. The highest BCUT2D eigenvalue weighted by molar-refractivity contribution is 6.07. The molecule has 1 saturated heterocycles. The second-order valence-electron chi connectivity index (χ2n) is 14.8. The van der Waals surface area contributed by atoms with Crippen molar-refractivity contribution in [2.75, 3.05) is 45.2 Å². The summed E-state index contributed by atoms with van der Waals surface area (Å²) in [6.07, 6.45) is 7.75. The Morgan fingerprint density at radius 2 is 2.06 bits per heavy atom.